The first-order valence-corrected chi connectivity index (χ1v) is 13.3. The van der Waals surface area contributed by atoms with Crippen molar-refractivity contribution in [3.8, 4) is 6.07 Å². The molecule has 182 valence electrons. The Labute approximate surface area is 215 Å². The zero-order valence-corrected chi connectivity index (χ0v) is 21.6. The molecule has 0 saturated carbocycles. The van der Waals surface area contributed by atoms with Crippen LogP contribution in [-0.4, -0.2) is 20.9 Å². The molecule has 0 fully saturated rings. The predicted octanol–water partition coefficient (Wildman–Crippen LogP) is 6.29. The molecule has 0 saturated heterocycles. The molecule has 3 aromatic carbocycles. The number of carbonyl (C=O) groups is 1. The highest BCUT2D eigenvalue weighted by molar-refractivity contribution is 7.89. The Kier molecular flexibility index (Phi) is 8.92. The van der Waals surface area contributed by atoms with E-state index in [-0.39, 0.29) is 10.5 Å². The van der Waals surface area contributed by atoms with Crippen molar-refractivity contribution < 1.29 is 13.2 Å². The van der Waals surface area contributed by atoms with Crippen LogP contribution in [0.15, 0.2) is 65.6 Å². The molecular formula is C26H25Cl2N3O3S. The fraction of sp³-hybridized carbons (Fsp3) is 0.231. The minimum Gasteiger partial charge on any atom is -0.322 e. The van der Waals surface area contributed by atoms with Gasteiger partial charge in [-0.3, -0.25) is 4.79 Å². The van der Waals surface area contributed by atoms with Crippen LogP contribution in [0.3, 0.4) is 0 Å². The Morgan fingerprint density at radius 2 is 1.80 bits per heavy atom. The van der Waals surface area contributed by atoms with E-state index < -0.39 is 21.8 Å². The predicted molar refractivity (Wildman–Crippen MR) is 140 cm³/mol. The number of sulfonamides is 1. The van der Waals surface area contributed by atoms with Crippen molar-refractivity contribution in [1.29, 1.82) is 5.26 Å². The summed E-state index contributed by atoms with van der Waals surface area (Å²) in [5.74, 6) is -1.08. The maximum Gasteiger partial charge on any atom is 0.255 e. The minimum absolute atomic E-state index is 0.0196. The van der Waals surface area contributed by atoms with E-state index in [1.165, 1.54) is 24.3 Å². The summed E-state index contributed by atoms with van der Waals surface area (Å²) < 4.78 is 27.6. The third-order valence-corrected chi connectivity index (χ3v) is 7.50. The van der Waals surface area contributed by atoms with Gasteiger partial charge in [-0.1, -0.05) is 60.8 Å². The second-order valence-corrected chi connectivity index (χ2v) is 10.6. The first-order chi connectivity index (χ1) is 16.7. The van der Waals surface area contributed by atoms with E-state index in [1.54, 1.807) is 43.3 Å². The van der Waals surface area contributed by atoms with Crippen LogP contribution >= 0.6 is 23.2 Å². The highest BCUT2D eigenvalue weighted by Gasteiger charge is 2.20. The number of hydrogen-bond donors (Lipinski definition) is 2. The molecule has 0 radical (unpaired) electrons. The van der Waals surface area contributed by atoms with Gasteiger partial charge in [0.05, 0.1) is 16.9 Å². The smallest absolute Gasteiger partial charge is 0.255 e. The fourth-order valence-electron chi connectivity index (χ4n) is 3.50. The van der Waals surface area contributed by atoms with Gasteiger partial charge in [-0.2, -0.15) is 5.26 Å². The van der Waals surface area contributed by atoms with Crippen LogP contribution in [0.5, 0.6) is 0 Å². The molecule has 3 aromatic rings. The van der Waals surface area contributed by atoms with E-state index in [4.69, 9.17) is 23.2 Å². The normalized spacial score (nSPS) is 12.1. The third kappa shape index (κ3) is 6.62. The van der Waals surface area contributed by atoms with Crippen molar-refractivity contribution >= 4 is 44.8 Å². The van der Waals surface area contributed by atoms with Gasteiger partial charge in [-0.15, -0.1) is 0 Å². The molecule has 0 aliphatic heterocycles. The van der Waals surface area contributed by atoms with Gasteiger partial charge in [0.1, 0.15) is 0 Å². The molecular weight excluding hydrogens is 505 g/mol. The quantitative estimate of drug-likeness (QED) is 0.318. The lowest BCUT2D eigenvalue weighted by Gasteiger charge is -2.16. The van der Waals surface area contributed by atoms with E-state index in [0.717, 1.165) is 18.4 Å². The second kappa shape index (κ2) is 11.7. The van der Waals surface area contributed by atoms with Crippen molar-refractivity contribution in [2.45, 2.75) is 37.5 Å². The average molecular weight is 530 g/mol. The SMILES string of the molecule is CCCCNS(=O)(=O)c1cccc(C(=O)Nc2cc(Cl)c(C(C#N)c3ccc(Cl)cc3)cc2C)c1. The molecule has 9 heteroatoms. The second-order valence-electron chi connectivity index (χ2n) is 8.04. The van der Waals surface area contributed by atoms with Crippen LogP contribution in [0.4, 0.5) is 5.69 Å². The summed E-state index contributed by atoms with van der Waals surface area (Å²) in [5, 5.41) is 13.5. The molecule has 0 aromatic heterocycles. The van der Waals surface area contributed by atoms with E-state index in [1.807, 2.05) is 6.92 Å². The standard InChI is InChI=1S/C26H25Cl2N3O3S/c1-3-4-12-30-35(33,34)21-7-5-6-19(14-21)26(32)31-25-15-24(28)22(13-17(25)2)23(16-29)18-8-10-20(27)11-9-18/h5-11,13-15,23,30H,3-4,12H2,1-2H3,(H,31,32). The molecule has 2 N–H and O–H groups in total. The lowest BCUT2D eigenvalue weighted by molar-refractivity contribution is 0.102. The third-order valence-electron chi connectivity index (χ3n) is 5.46. The number of halogens is 2. The summed E-state index contributed by atoms with van der Waals surface area (Å²) in [5.41, 5.74) is 2.72. The summed E-state index contributed by atoms with van der Waals surface area (Å²) in [6, 6.07) is 18.4. The molecule has 6 nitrogen and oxygen atoms in total. The van der Waals surface area contributed by atoms with E-state index in [9.17, 15) is 18.5 Å². The van der Waals surface area contributed by atoms with Gasteiger partial charge in [0.2, 0.25) is 10.0 Å². The summed E-state index contributed by atoms with van der Waals surface area (Å²) in [7, 11) is -3.71. The number of hydrogen-bond acceptors (Lipinski definition) is 4. The summed E-state index contributed by atoms with van der Waals surface area (Å²) in [6.45, 7) is 4.10. The van der Waals surface area contributed by atoms with Crippen LogP contribution in [-0.2, 0) is 10.0 Å². The average Bonchev–Trinajstić information content (AvgIpc) is 2.83. The molecule has 0 spiro atoms. The van der Waals surface area contributed by atoms with Gasteiger partial charge < -0.3 is 5.32 Å². The van der Waals surface area contributed by atoms with Crippen LogP contribution < -0.4 is 10.0 Å². The molecule has 3 rings (SSSR count). The lowest BCUT2D eigenvalue weighted by Crippen LogP contribution is -2.25. The van der Waals surface area contributed by atoms with Crippen molar-refractivity contribution in [3.63, 3.8) is 0 Å². The van der Waals surface area contributed by atoms with E-state index >= 15 is 0 Å². The number of benzene rings is 3. The first-order valence-electron chi connectivity index (χ1n) is 11.0. The van der Waals surface area contributed by atoms with Gasteiger partial charge in [-0.05, 0) is 66.4 Å². The Balaban J connectivity index is 1.84. The number of nitriles is 1. The highest BCUT2D eigenvalue weighted by atomic mass is 35.5. The van der Waals surface area contributed by atoms with Crippen LogP contribution in [0.2, 0.25) is 10.0 Å². The summed E-state index contributed by atoms with van der Waals surface area (Å²) in [4.78, 5) is 12.9. The van der Waals surface area contributed by atoms with Gasteiger partial charge in [0.15, 0.2) is 0 Å². The van der Waals surface area contributed by atoms with Crippen LogP contribution in [0.25, 0.3) is 0 Å². The molecule has 35 heavy (non-hydrogen) atoms. The number of nitrogens with zero attached hydrogens (tertiary/aromatic N) is 1. The van der Waals surface area contributed by atoms with Crippen LogP contribution in [0, 0.1) is 18.3 Å². The van der Waals surface area contributed by atoms with Crippen LogP contribution in [0.1, 0.15) is 52.7 Å². The fourth-order valence-corrected chi connectivity index (χ4v) is 5.02. The Hall–Kier alpha value is -2.89. The maximum atomic E-state index is 12.9. The lowest BCUT2D eigenvalue weighted by atomic mass is 9.91. The Bertz CT molecular complexity index is 1370. The first kappa shape index (κ1) is 26.7. The molecule has 0 bridgehead atoms. The van der Waals surface area contributed by atoms with Gasteiger partial charge in [0, 0.05) is 27.8 Å². The van der Waals surface area contributed by atoms with Gasteiger partial charge >= 0.3 is 0 Å². The van der Waals surface area contributed by atoms with E-state index in [2.05, 4.69) is 16.1 Å². The largest absolute Gasteiger partial charge is 0.322 e. The van der Waals surface area contributed by atoms with Crippen molar-refractivity contribution in [1.82, 2.24) is 4.72 Å². The number of rotatable bonds is 9. The zero-order chi connectivity index (χ0) is 25.6. The summed E-state index contributed by atoms with van der Waals surface area (Å²) in [6.07, 6.45) is 1.58. The topological polar surface area (TPSA) is 99.1 Å². The Morgan fingerprint density at radius 3 is 2.46 bits per heavy atom. The van der Waals surface area contributed by atoms with Gasteiger partial charge in [0.25, 0.3) is 5.91 Å². The number of nitrogens with one attached hydrogen (secondary N) is 2. The molecule has 0 heterocycles. The van der Waals surface area contributed by atoms with Crippen molar-refractivity contribution in [3.05, 3.63) is 93.0 Å². The Morgan fingerprint density at radius 1 is 1.09 bits per heavy atom. The maximum absolute atomic E-state index is 12.9. The zero-order valence-electron chi connectivity index (χ0n) is 19.3. The number of unbranched alkanes of at least 4 members (excludes halogenated alkanes) is 1. The van der Waals surface area contributed by atoms with Crippen molar-refractivity contribution in [2.24, 2.45) is 0 Å². The number of carbonyl (C=O) groups excluding carboxylic acids is 1. The van der Waals surface area contributed by atoms with E-state index in [0.29, 0.717) is 33.4 Å². The minimum atomic E-state index is -3.71. The molecule has 1 amide bonds. The van der Waals surface area contributed by atoms with Gasteiger partial charge in [-0.25, -0.2) is 13.1 Å². The summed E-state index contributed by atoms with van der Waals surface area (Å²) >= 11 is 12.5. The highest BCUT2D eigenvalue weighted by Crippen LogP contribution is 2.34. The number of amides is 1. The van der Waals surface area contributed by atoms with Crippen molar-refractivity contribution in [2.75, 3.05) is 11.9 Å². The molecule has 1 unspecified atom stereocenters. The molecule has 0 aliphatic rings. The molecule has 0 aliphatic carbocycles. The number of anilines is 1. The molecule has 1 atom stereocenters. The number of aryl methyl sites for hydroxylation is 1. The monoisotopic (exact) mass is 529 g/mol.